The van der Waals surface area contributed by atoms with Crippen LogP contribution in [0.4, 0.5) is 0 Å². The molecule has 0 unspecified atom stereocenters. The van der Waals surface area contributed by atoms with E-state index < -0.39 is 0 Å². The standard InChI is InChI=1S/C11H9BrINO2/c1-2-16-11(15)5-7-4-10(13)9(12)3-8(7)6-14/h3-4H,2,5H2,1H3. The third kappa shape index (κ3) is 3.46. The van der Waals surface area contributed by atoms with Crippen molar-refractivity contribution in [2.24, 2.45) is 0 Å². The quantitative estimate of drug-likeness (QED) is 0.585. The van der Waals surface area contributed by atoms with Gasteiger partial charge in [-0.25, -0.2) is 0 Å². The zero-order valence-electron chi connectivity index (χ0n) is 8.59. The molecule has 0 atom stereocenters. The van der Waals surface area contributed by atoms with Crippen molar-refractivity contribution >= 4 is 44.5 Å². The molecule has 0 saturated carbocycles. The molecular weight excluding hydrogens is 385 g/mol. The zero-order chi connectivity index (χ0) is 12.1. The van der Waals surface area contributed by atoms with Gasteiger partial charge in [0.2, 0.25) is 0 Å². The highest BCUT2D eigenvalue weighted by molar-refractivity contribution is 14.1. The smallest absolute Gasteiger partial charge is 0.310 e. The Balaban J connectivity index is 3.00. The van der Waals surface area contributed by atoms with Crippen LogP contribution in [0.3, 0.4) is 0 Å². The first-order valence-corrected chi connectivity index (χ1v) is 6.49. The first-order valence-electron chi connectivity index (χ1n) is 4.62. The number of hydrogen-bond donors (Lipinski definition) is 0. The first-order chi connectivity index (χ1) is 7.58. The molecule has 0 radical (unpaired) electrons. The SMILES string of the molecule is CCOC(=O)Cc1cc(I)c(Br)cc1C#N. The van der Waals surface area contributed by atoms with Crippen molar-refractivity contribution in [1.82, 2.24) is 0 Å². The van der Waals surface area contributed by atoms with Gasteiger partial charge >= 0.3 is 5.97 Å². The Labute approximate surface area is 116 Å². The van der Waals surface area contributed by atoms with Crippen molar-refractivity contribution in [1.29, 1.82) is 5.26 Å². The van der Waals surface area contributed by atoms with E-state index in [2.05, 4.69) is 44.6 Å². The summed E-state index contributed by atoms with van der Waals surface area (Å²) >= 11 is 5.49. The summed E-state index contributed by atoms with van der Waals surface area (Å²) in [4.78, 5) is 11.3. The van der Waals surface area contributed by atoms with Crippen LogP contribution in [-0.2, 0) is 16.0 Å². The lowest BCUT2D eigenvalue weighted by Gasteiger charge is -2.06. The number of esters is 1. The van der Waals surface area contributed by atoms with E-state index in [1.807, 2.05) is 6.07 Å². The number of carbonyl (C=O) groups excluding carboxylic acids is 1. The van der Waals surface area contributed by atoms with E-state index in [9.17, 15) is 4.79 Å². The molecule has 1 rings (SSSR count). The number of nitrogens with zero attached hydrogens (tertiary/aromatic N) is 1. The molecule has 0 saturated heterocycles. The van der Waals surface area contributed by atoms with E-state index in [0.29, 0.717) is 17.7 Å². The average molecular weight is 394 g/mol. The predicted molar refractivity (Wildman–Crippen MR) is 71.9 cm³/mol. The van der Waals surface area contributed by atoms with E-state index in [0.717, 1.165) is 8.04 Å². The van der Waals surface area contributed by atoms with Crippen LogP contribution < -0.4 is 0 Å². The summed E-state index contributed by atoms with van der Waals surface area (Å²) in [7, 11) is 0. The molecule has 16 heavy (non-hydrogen) atoms. The van der Waals surface area contributed by atoms with Gasteiger partial charge in [0.25, 0.3) is 0 Å². The second-order valence-electron chi connectivity index (χ2n) is 3.02. The maximum atomic E-state index is 11.3. The third-order valence-electron chi connectivity index (χ3n) is 1.91. The van der Waals surface area contributed by atoms with Crippen molar-refractivity contribution in [3.05, 3.63) is 31.3 Å². The Morgan fingerprint density at radius 1 is 1.62 bits per heavy atom. The lowest BCUT2D eigenvalue weighted by Crippen LogP contribution is -2.09. The van der Waals surface area contributed by atoms with Crippen LogP contribution >= 0.6 is 38.5 Å². The average Bonchev–Trinajstić information content (AvgIpc) is 2.23. The fourth-order valence-corrected chi connectivity index (χ4v) is 2.08. The van der Waals surface area contributed by atoms with Crippen molar-refractivity contribution in [2.75, 3.05) is 6.61 Å². The summed E-state index contributed by atoms with van der Waals surface area (Å²) in [6.07, 6.45) is 0.139. The van der Waals surface area contributed by atoms with Crippen molar-refractivity contribution in [2.45, 2.75) is 13.3 Å². The molecule has 0 aromatic heterocycles. The highest BCUT2D eigenvalue weighted by Crippen LogP contribution is 2.23. The van der Waals surface area contributed by atoms with Crippen molar-refractivity contribution in [3.63, 3.8) is 0 Å². The van der Waals surface area contributed by atoms with Gasteiger partial charge in [0, 0.05) is 8.04 Å². The summed E-state index contributed by atoms with van der Waals surface area (Å²) in [5.41, 5.74) is 1.20. The van der Waals surface area contributed by atoms with Crippen molar-refractivity contribution < 1.29 is 9.53 Å². The topological polar surface area (TPSA) is 50.1 Å². The highest BCUT2D eigenvalue weighted by atomic mass is 127. The Morgan fingerprint density at radius 2 is 2.31 bits per heavy atom. The van der Waals surface area contributed by atoms with Gasteiger partial charge in [-0.15, -0.1) is 0 Å². The fraction of sp³-hybridized carbons (Fsp3) is 0.273. The maximum Gasteiger partial charge on any atom is 0.310 e. The molecule has 0 N–H and O–H groups in total. The van der Waals surface area contributed by atoms with Crippen molar-refractivity contribution in [3.8, 4) is 6.07 Å². The third-order valence-corrected chi connectivity index (χ3v) is 4.20. The van der Waals surface area contributed by atoms with Crippen LogP contribution in [0.25, 0.3) is 0 Å². The van der Waals surface area contributed by atoms with Gasteiger partial charge in [-0.05, 0) is 63.1 Å². The molecule has 1 aromatic rings. The zero-order valence-corrected chi connectivity index (χ0v) is 12.3. The largest absolute Gasteiger partial charge is 0.466 e. The van der Waals surface area contributed by atoms with Crippen LogP contribution in [0.1, 0.15) is 18.1 Å². The minimum absolute atomic E-state index is 0.139. The minimum atomic E-state index is -0.308. The number of ether oxygens (including phenoxy) is 1. The van der Waals surface area contributed by atoms with Gasteiger partial charge in [-0.2, -0.15) is 5.26 Å². The van der Waals surface area contributed by atoms with Crippen LogP contribution in [-0.4, -0.2) is 12.6 Å². The Kier molecular flexibility index (Phi) is 5.22. The number of rotatable bonds is 3. The Hall–Kier alpha value is -0.610. The molecule has 3 nitrogen and oxygen atoms in total. The molecule has 0 aliphatic carbocycles. The Morgan fingerprint density at radius 3 is 2.88 bits per heavy atom. The van der Waals surface area contributed by atoms with Gasteiger partial charge in [0.05, 0.1) is 24.7 Å². The second kappa shape index (κ2) is 6.21. The number of carbonyl (C=O) groups is 1. The minimum Gasteiger partial charge on any atom is -0.466 e. The van der Waals surface area contributed by atoms with E-state index in [-0.39, 0.29) is 12.4 Å². The van der Waals surface area contributed by atoms with E-state index in [4.69, 9.17) is 10.00 Å². The second-order valence-corrected chi connectivity index (χ2v) is 5.03. The molecule has 0 amide bonds. The van der Waals surface area contributed by atoms with Crippen LogP contribution in [0.2, 0.25) is 0 Å². The van der Waals surface area contributed by atoms with Gasteiger partial charge in [-0.3, -0.25) is 4.79 Å². The molecular formula is C11H9BrINO2. The molecule has 0 spiro atoms. The van der Waals surface area contributed by atoms with Crippen LogP contribution in [0, 0.1) is 14.9 Å². The maximum absolute atomic E-state index is 11.3. The van der Waals surface area contributed by atoms with Gasteiger partial charge in [0.15, 0.2) is 0 Å². The summed E-state index contributed by atoms with van der Waals surface area (Å²) in [5.74, 6) is -0.308. The van der Waals surface area contributed by atoms with Gasteiger partial charge in [0.1, 0.15) is 0 Å². The van der Waals surface area contributed by atoms with E-state index >= 15 is 0 Å². The summed E-state index contributed by atoms with van der Waals surface area (Å²) in [6.45, 7) is 2.11. The predicted octanol–water partition coefficient (Wildman–Crippen LogP) is 3.03. The van der Waals surface area contributed by atoms with E-state index in [1.54, 1.807) is 13.0 Å². The monoisotopic (exact) mass is 393 g/mol. The van der Waals surface area contributed by atoms with Gasteiger partial charge < -0.3 is 4.74 Å². The normalized spacial score (nSPS) is 9.62. The summed E-state index contributed by atoms with van der Waals surface area (Å²) in [6, 6.07) is 5.61. The molecule has 0 heterocycles. The lowest BCUT2D eigenvalue weighted by molar-refractivity contribution is -0.142. The highest BCUT2D eigenvalue weighted by Gasteiger charge is 2.11. The number of nitriles is 1. The molecule has 0 fully saturated rings. The first kappa shape index (κ1) is 13.5. The fourth-order valence-electron chi connectivity index (χ4n) is 1.21. The molecule has 0 bridgehead atoms. The molecule has 0 aliphatic heterocycles. The van der Waals surface area contributed by atoms with Gasteiger partial charge in [-0.1, -0.05) is 0 Å². The summed E-state index contributed by atoms with van der Waals surface area (Å²) in [5, 5.41) is 8.95. The number of halogens is 2. The number of hydrogen-bond acceptors (Lipinski definition) is 3. The lowest BCUT2D eigenvalue weighted by atomic mass is 10.1. The summed E-state index contributed by atoms with van der Waals surface area (Å²) < 4.78 is 6.68. The number of benzene rings is 1. The van der Waals surface area contributed by atoms with Crippen LogP contribution in [0.5, 0.6) is 0 Å². The van der Waals surface area contributed by atoms with E-state index in [1.165, 1.54) is 0 Å². The van der Waals surface area contributed by atoms with Crippen LogP contribution in [0.15, 0.2) is 16.6 Å². The molecule has 0 aliphatic rings. The molecule has 1 aromatic carbocycles. The molecule has 5 heteroatoms. The Bertz CT molecular complexity index is 454. The molecule has 84 valence electrons.